The Morgan fingerprint density at radius 1 is 1.22 bits per heavy atom. The Bertz CT molecular complexity index is 545. The quantitative estimate of drug-likeness (QED) is 0.209. The normalized spacial score (nSPS) is 11.7. The molecule has 27 heavy (non-hydrogen) atoms. The van der Waals surface area contributed by atoms with Crippen molar-refractivity contribution in [1.82, 2.24) is 15.6 Å². The van der Waals surface area contributed by atoms with Crippen LogP contribution in [0, 0.1) is 0 Å². The zero-order valence-electron chi connectivity index (χ0n) is 15.6. The Balaban J connectivity index is 0.00000676. The summed E-state index contributed by atoms with van der Waals surface area (Å²) in [7, 11) is 1.62. The number of pyridine rings is 1. The summed E-state index contributed by atoms with van der Waals surface area (Å²) >= 11 is 0. The van der Waals surface area contributed by atoms with E-state index in [0.717, 1.165) is 25.9 Å². The van der Waals surface area contributed by atoms with Crippen LogP contribution in [-0.4, -0.2) is 50.5 Å². The average molecular weight is 504 g/mol. The molecule has 0 saturated carbocycles. The molecule has 0 fully saturated rings. The van der Waals surface area contributed by atoms with Gasteiger partial charge in [-0.2, -0.15) is 13.2 Å². The third-order valence-corrected chi connectivity index (χ3v) is 3.29. The van der Waals surface area contributed by atoms with Crippen molar-refractivity contribution in [2.45, 2.75) is 38.9 Å². The van der Waals surface area contributed by atoms with Gasteiger partial charge < -0.3 is 20.1 Å². The number of alkyl halides is 3. The van der Waals surface area contributed by atoms with E-state index in [2.05, 4.69) is 27.5 Å². The maximum absolute atomic E-state index is 12.3. The number of ether oxygens (including phenoxy) is 2. The third kappa shape index (κ3) is 12.7. The summed E-state index contributed by atoms with van der Waals surface area (Å²) in [4.78, 5) is 7.94. The van der Waals surface area contributed by atoms with Gasteiger partial charge in [0.05, 0.1) is 0 Å². The molecule has 0 spiro atoms. The summed E-state index contributed by atoms with van der Waals surface area (Å²) < 4.78 is 47.1. The van der Waals surface area contributed by atoms with Crippen molar-refractivity contribution in [1.29, 1.82) is 0 Å². The molecule has 0 unspecified atom stereocenters. The molecular weight excluding hydrogens is 476 g/mol. The maximum Gasteiger partial charge on any atom is 0.422 e. The highest BCUT2D eigenvalue weighted by Gasteiger charge is 2.29. The van der Waals surface area contributed by atoms with Crippen molar-refractivity contribution in [3.8, 4) is 5.88 Å². The van der Waals surface area contributed by atoms with Crippen LogP contribution in [0.4, 0.5) is 13.2 Å². The van der Waals surface area contributed by atoms with Crippen molar-refractivity contribution in [2.75, 3.05) is 33.4 Å². The third-order valence-electron chi connectivity index (χ3n) is 3.29. The molecular formula is C17H28F3IN4O2. The molecule has 0 amide bonds. The molecule has 0 saturated heterocycles. The molecule has 0 aliphatic carbocycles. The first-order valence-corrected chi connectivity index (χ1v) is 8.62. The molecule has 1 aromatic heterocycles. The van der Waals surface area contributed by atoms with Crippen LogP contribution in [0.25, 0.3) is 0 Å². The van der Waals surface area contributed by atoms with Crippen molar-refractivity contribution in [2.24, 2.45) is 4.99 Å². The van der Waals surface area contributed by atoms with Crippen LogP contribution in [0.1, 0.15) is 31.7 Å². The molecule has 0 bridgehead atoms. The first-order chi connectivity index (χ1) is 12.5. The summed E-state index contributed by atoms with van der Waals surface area (Å²) in [6.45, 7) is 3.10. The Labute approximate surface area is 175 Å². The number of rotatable bonds is 11. The predicted octanol–water partition coefficient (Wildman–Crippen LogP) is 3.51. The van der Waals surface area contributed by atoms with Gasteiger partial charge in [-0.05, 0) is 18.9 Å². The lowest BCUT2D eigenvalue weighted by atomic mass is 10.2. The number of aromatic nitrogens is 1. The molecule has 0 atom stereocenters. The highest BCUT2D eigenvalue weighted by atomic mass is 127. The predicted molar refractivity (Wildman–Crippen MR) is 110 cm³/mol. The second-order valence-corrected chi connectivity index (χ2v) is 5.54. The van der Waals surface area contributed by atoms with Crippen molar-refractivity contribution in [3.05, 3.63) is 23.9 Å². The van der Waals surface area contributed by atoms with E-state index in [9.17, 15) is 13.2 Å². The summed E-state index contributed by atoms with van der Waals surface area (Å²) in [6.07, 6.45) is -0.0184. The Morgan fingerprint density at radius 2 is 1.96 bits per heavy atom. The van der Waals surface area contributed by atoms with Gasteiger partial charge in [-0.15, -0.1) is 24.0 Å². The minimum atomic E-state index is -4.40. The van der Waals surface area contributed by atoms with E-state index in [0.29, 0.717) is 24.7 Å². The number of nitrogens with zero attached hydrogens (tertiary/aromatic N) is 2. The Kier molecular flexibility index (Phi) is 14.0. The second-order valence-electron chi connectivity index (χ2n) is 5.54. The summed E-state index contributed by atoms with van der Waals surface area (Å²) in [6, 6.07) is 3.29. The number of unbranched alkanes of at least 4 members (excludes halogenated alkanes) is 1. The SMILES string of the molecule is CCCCOCCCNC(=NC)NCc1cccnc1OCC(F)(F)F.I. The van der Waals surface area contributed by atoms with E-state index in [1.54, 1.807) is 19.2 Å². The zero-order valence-corrected chi connectivity index (χ0v) is 18.0. The topological polar surface area (TPSA) is 67.8 Å². The van der Waals surface area contributed by atoms with Gasteiger partial charge in [0.15, 0.2) is 12.6 Å². The lowest BCUT2D eigenvalue weighted by Crippen LogP contribution is -2.37. The van der Waals surface area contributed by atoms with Crippen molar-refractivity contribution >= 4 is 29.9 Å². The number of guanidine groups is 1. The molecule has 156 valence electrons. The number of aliphatic imine (C=N–C) groups is 1. The molecule has 0 radical (unpaired) electrons. The van der Waals surface area contributed by atoms with E-state index in [-0.39, 0.29) is 36.4 Å². The molecule has 0 aromatic carbocycles. The van der Waals surface area contributed by atoms with E-state index < -0.39 is 12.8 Å². The largest absolute Gasteiger partial charge is 0.468 e. The van der Waals surface area contributed by atoms with Crippen LogP contribution in [0.3, 0.4) is 0 Å². The van der Waals surface area contributed by atoms with E-state index in [1.165, 1.54) is 6.20 Å². The molecule has 6 nitrogen and oxygen atoms in total. The monoisotopic (exact) mass is 504 g/mol. The molecule has 0 aliphatic heterocycles. The zero-order chi connectivity index (χ0) is 19.3. The number of nitrogens with one attached hydrogen (secondary N) is 2. The summed E-state index contributed by atoms with van der Waals surface area (Å²) in [5.74, 6) is 0.501. The molecule has 1 aromatic rings. The van der Waals surface area contributed by atoms with E-state index in [4.69, 9.17) is 9.47 Å². The standard InChI is InChI=1S/C17H27F3N4O2.HI/c1-3-4-10-25-11-6-9-23-16(21-2)24-12-14-7-5-8-22-15(14)26-13-17(18,19)20;/h5,7-8H,3-4,6,9-13H2,1-2H3,(H2,21,23,24);1H. The van der Waals surface area contributed by atoms with Crippen molar-refractivity contribution < 1.29 is 22.6 Å². The molecule has 1 heterocycles. The molecule has 2 N–H and O–H groups in total. The van der Waals surface area contributed by atoms with Gasteiger partial charge in [0.1, 0.15) is 0 Å². The minimum Gasteiger partial charge on any atom is -0.468 e. The average Bonchev–Trinajstić information content (AvgIpc) is 2.61. The van der Waals surface area contributed by atoms with Gasteiger partial charge in [-0.1, -0.05) is 19.4 Å². The maximum atomic E-state index is 12.3. The smallest absolute Gasteiger partial charge is 0.422 e. The van der Waals surface area contributed by atoms with Gasteiger partial charge in [0.25, 0.3) is 0 Å². The second kappa shape index (κ2) is 14.7. The minimum absolute atomic E-state index is 0. The lowest BCUT2D eigenvalue weighted by molar-refractivity contribution is -0.154. The Morgan fingerprint density at radius 3 is 2.63 bits per heavy atom. The number of hydrogen-bond acceptors (Lipinski definition) is 4. The first-order valence-electron chi connectivity index (χ1n) is 8.62. The van der Waals surface area contributed by atoms with Gasteiger partial charge in [0.2, 0.25) is 5.88 Å². The van der Waals surface area contributed by atoms with Crippen molar-refractivity contribution in [3.63, 3.8) is 0 Å². The number of halogens is 4. The first kappa shape index (κ1) is 25.7. The fraction of sp³-hybridized carbons (Fsp3) is 0.647. The fourth-order valence-corrected chi connectivity index (χ4v) is 1.97. The van der Waals surface area contributed by atoms with Gasteiger partial charge in [-0.25, -0.2) is 4.98 Å². The van der Waals surface area contributed by atoms with Gasteiger partial charge >= 0.3 is 6.18 Å². The number of hydrogen-bond donors (Lipinski definition) is 2. The van der Waals surface area contributed by atoms with Crippen LogP contribution in [0.2, 0.25) is 0 Å². The van der Waals surface area contributed by atoms with Crippen LogP contribution < -0.4 is 15.4 Å². The van der Waals surface area contributed by atoms with Crippen LogP contribution in [-0.2, 0) is 11.3 Å². The van der Waals surface area contributed by atoms with E-state index in [1.807, 2.05) is 0 Å². The van der Waals surface area contributed by atoms with Crippen LogP contribution >= 0.6 is 24.0 Å². The molecule has 10 heteroatoms. The summed E-state index contributed by atoms with van der Waals surface area (Å²) in [5, 5.41) is 6.16. The fourth-order valence-electron chi connectivity index (χ4n) is 1.97. The highest BCUT2D eigenvalue weighted by molar-refractivity contribution is 14.0. The lowest BCUT2D eigenvalue weighted by Gasteiger charge is -2.14. The molecule has 1 rings (SSSR count). The van der Waals surface area contributed by atoms with Crippen LogP contribution in [0.15, 0.2) is 23.3 Å². The highest BCUT2D eigenvalue weighted by Crippen LogP contribution is 2.19. The van der Waals surface area contributed by atoms with Gasteiger partial charge in [0, 0.05) is 45.1 Å². The molecule has 0 aliphatic rings. The van der Waals surface area contributed by atoms with Crippen LogP contribution in [0.5, 0.6) is 5.88 Å². The Hall–Kier alpha value is -1.30. The van der Waals surface area contributed by atoms with Gasteiger partial charge in [-0.3, -0.25) is 4.99 Å². The summed E-state index contributed by atoms with van der Waals surface area (Å²) in [5.41, 5.74) is 0.516. The van der Waals surface area contributed by atoms with E-state index >= 15 is 0 Å².